The normalized spacial score (nSPS) is 24.2. The van der Waals surface area contributed by atoms with Gasteiger partial charge in [-0.05, 0) is 30.7 Å². The second-order valence-electron chi connectivity index (χ2n) is 8.14. The van der Waals surface area contributed by atoms with E-state index in [4.69, 9.17) is 9.47 Å². The first kappa shape index (κ1) is 21.6. The van der Waals surface area contributed by atoms with Crippen LogP contribution in [0.15, 0.2) is 42.5 Å². The van der Waals surface area contributed by atoms with Crippen LogP contribution in [-0.4, -0.2) is 59.7 Å². The molecule has 0 aromatic heterocycles. The molecule has 1 N–H and O–H groups in total. The third-order valence-electron chi connectivity index (χ3n) is 6.07. The van der Waals surface area contributed by atoms with Gasteiger partial charge in [0.1, 0.15) is 36.5 Å². The molecule has 0 bridgehead atoms. The van der Waals surface area contributed by atoms with E-state index >= 15 is 0 Å². The summed E-state index contributed by atoms with van der Waals surface area (Å²) in [5, 5.41) is 2.21. The van der Waals surface area contributed by atoms with Gasteiger partial charge in [0.05, 0.1) is 0 Å². The van der Waals surface area contributed by atoms with Crippen molar-refractivity contribution in [3.63, 3.8) is 0 Å². The van der Waals surface area contributed by atoms with Crippen LogP contribution in [0.3, 0.4) is 0 Å². The zero-order chi connectivity index (χ0) is 23.2. The molecule has 2 aromatic carbocycles. The second kappa shape index (κ2) is 8.26. The van der Waals surface area contributed by atoms with Gasteiger partial charge in [-0.15, -0.1) is 11.8 Å². The van der Waals surface area contributed by atoms with Gasteiger partial charge >= 0.3 is 6.03 Å². The Balaban J connectivity index is 1.35. The lowest BCUT2D eigenvalue weighted by Gasteiger charge is -2.27. The van der Waals surface area contributed by atoms with Gasteiger partial charge in [-0.1, -0.05) is 24.3 Å². The number of urea groups is 1. The topological polar surface area (TPSA) is 88.2 Å². The molecule has 2 fully saturated rings. The number of carbonyl (C=O) groups is 3. The quantitative estimate of drug-likeness (QED) is 0.690. The summed E-state index contributed by atoms with van der Waals surface area (Å²) < 4.78 is 25.4. The van der Waals surface area contributed by atoms with E-state index in [1.807, 2.05) is 0 Å². The number of hydrogen-bond acceptors (Lipinski definition) is 6. The number of amides is 4. The van der Waals surface area contributed by atoms with Crippen LogP contribution in [0.25, 0.3) is 0 Å². The van der Waals surface area contributed by atoms with Gasteiger partial charge in [-0.25, -0.2) is 9.18 Å². The largest absolute Gasteiger partial charge is 0.486 e. The van der Waals surface area contributed by atoms with Gasteiger partial charge in [0, 0.05) is 17.9 Å². The van der Waals surface area contributed by atoms with Crippen molar-refractivity contribution in [2.75, 3.05) is 32.1 Å². The maximum atomic E-state index is 14.3. The molecule has 4 amide bonds. The molecule has 33 heavy (non-hydrogen) atoms. The van der Waals surface area contributed by atoms with E-state index in [2.05, 4.69) is 5.32 Å². The summed E-state index contributed by atoms with van der Waals surface area (Å²) >= 11 is 1.45. The summed E-state index contributed by atoms with van der Waals surface area (Å²) in [6.07, 6.45) is 0. The number of ether oxygens (including phenoxy) is 2. The Hall–Kier alpha value is -3.27. The van der Waals surface area contributed by atoms with E-state index < -0.39 is 41.1 Å². The Morgan fingerprint density at radius 3 is 2.73 bits per heavy atom. The summed E-state index contributed by atoms with van der Waals surface area (Å²) in [5.74, 6) is 0.368. The highest BCUT2D eigenvalue weighted by molar-refractivity contribution is 7.99. The lowest BCUT2D eigenvalue weighted by molar-refractivity contribution is -0.139. The van der Waals surface area contributed by atoms with Crippen molar-refractivity contribution in [3.05, 3.63) is 59.4 Å². The van der Waals surface area contributed by atoms with E-state index in [0.717, 1.165) is 4.90 Å². The molecule has 5 rings (SSSR count). The molecule has 10 heteroatoms. The number of thioether (sulfide) groups is 1. The van der Waals surface area contributed by atoms with Gasteiger partial charge in [0.15, 0.2) is 11.5 Å². The van der Waals surface area contributed by atoms with Crippen LogP contribution in [-0.2, 0) is 15.1 Å². The van der Waals surface area contributed by atoms with Crippen molar-refractivity contribution in [2.45, 2.75) is 17.8 Å². The molecule has 3 aliphatic rings. The lowest BCUT2D eigenvalue weighted by atomic mass is 9.91. The zero-order valence-electron chi connectivity index (χ0n) is 17.9. The molecule has 0 unspecified atom stereocenters. The van der Waals surface area contributed by atoms with Crippen molar-refractivity contribution in [3.8, 4) is 11.5 Å². The minimum Gasteiger partial charge on any atom is -0.486 e. The number of nitrogens with one attached hydrogen (secondary N) is 1. The standard InChI is InChI=1S/C23H22FN3O5S/c1-23(14-6-7-17-18(12-14)32-10-9-31-17)21(29)27(22(30)25-23)13-19(28)26-8-11-33-20(26)15-4-2-3-5-16(15)24/h2-7,12,20H,8-11,13H2,1H3,(H,25,30)/t20-,23-/m1/s1. The van der Waals surface area contributed by atoms with Gasteiger partial charge in [0.25, 0.3) is 5.91 Å². The minimum absolute atomic E-state index is 0.393. The van der Waals surface area contributed by atoms with Crippen LogP contribution in [0.2, 0.25) is 0 Å². The first-order valence-electron chi connectivity index (χ1n) is 10.6. The summed E-state index contributed by atoms with van der Waals surface area (Å²) in [6.45, 7) is 2.42. The maximum absolute atomic E-state index is 14.3. The van der Waals surface area contributed by atoms with Crippen molar-refractivity contribution in [2.24, 2.45) is 0 Å². The van der Waals surface area contributed by atoms with Crippen molar-refractivity contribution in [1.82, 2.24) is 15.1 Å². The van der Waals surface area contributed by atoms with E-state index in [-0.39, 0.29) is 0 Å². The number of carbonyl (C=O) groups excluding carboxylic acids is 3. The maximum Gasteiger partial charge on any atom is 0.325 e. The molecule has 172 valence electrons. The predicted molar refractivity (Wildman–Crippen MR) is 118 cm³/mol. The molecule has 3 aliphatic heterocycles. The summed E-state index contributed by atoms with van der Waals surface area (Å²) in [6, 6.07) is 10.7. The highest BCUT2D eigenvalue weighted by Gasteiger charge is 2.50. The summed E-state index contributed by atoms with van der Waals surface area (Å²) in [5.41, 5.74) is -0.412. The molecule has 3 heterocycles. The number of rotatable bonds is 4. The van der Waals surface area contributed by atoms with E-state index in [1.54, 1.807) is 43.3 Å². The summed E-state index contributed by atoms with van der Waals surface area (Å²) in [7, 11) is 0. The number of imide groups is 1. The van der Waals surface area contributed by atoms with Crippen molar-refractivity contribution in [1.29, 1.82) is 0 Å². The highest BCUT2D eigenvalue weighted by atomic mass is 32.2. The van der Waals surface area contributed by atoms with Gasteiger partial charge < -0.3 is 19.7 Å². The fraction of sp³-hybridized carbons (Fsp3) is 0.348. The molecule has 0 radical (unpaired) electrons. The third-order valence-corrected chi connectivity index (χ3v) is 7.31. The Kier molecular flexibility index (Phi) is 5.40. The molecular weight excluding hydrogens is 449 g/mol. The van der Waals surface area contributed by atoms with Gasteiger partial charge in [0.2, 0.25) is 5.91 Å². The molecule has 0 spiro atoms. The van der Waals surface area contributed by atoms with E-state index in [0.29, 0.717) is 48.1 Å². The predicted octanol–water partition coefficient (Wildman–Crippen LogP) is 2.64. The molecule has 0 saturated carbocycles. The molecule has 2 saturated heterocycles. The third kappa shape index (κ3) is 3.68. The van der Waals surface area contributed by atoms with Crippen LogP contribution < -0.4 is 14.8 Å². The number of nitrogens with zero attached hydrogens (tertiary/aromatic N) is 2. The van der Waals surface area contributed by atoms with Crippen molar-refractivity contribution >= 4 is 29.6 Å². The highest BCUT2D eigenvalue weighted by Crippen LogP contribution is 2.40. The van der Waals surface area contributed by atoms with E-state index in [9.17, 15) is 18.8 Å². The van der Waals surface area contributed by atoms with Crippen LogP contribution in [0.5, 0.6) is 11.5 Å². The molecule has 8 nitrogen and oxygen atoms in total. The Bertz CT molecular complexity index is 1140. The van der Waals surface area contributed by atoms with E-state index in [1.165, 1.54) is 22.7 Å². The van der Waals surface area contributed by atoms with Crippen LogP contribution in [0.4, 0.5) is 9.18 Å². The fourth-order valence-corrected chi connectivity index (χ4v) is 5.57. The fourth-order valence-electron chi connectivity index (χ4n) is 4.28. The second-order valence-corrected chi connectivity index (χ2v) is 9.32. The monoisotopic (exact) mass is 471 g/mol. The zero-order valence-corrected chi connectivity index (χ0v) is 18.7. The molecule has 2 aromatic rings. The minimum atomic E-state index is -1.35. The van der Waals surface area contributed by atoms with Crippen LogP contribution in [0, 0.1) is 5.82 Å². The van der Waals surface area contributed by atoms with Gasteiger partial charge in [-0.3, -0.25) is 14.5 Å². The van der Waals surface area contributed by atoms with Crippen LogP contribution in [0.1, 0.15) is 23.4 Å². The van der Waals surface area contributed by atoms with Crippen LogP contribution >= 0.6 is 11.8 Å². The molecule has 2 atom stereocenters. The average molecular weight is 472 g/mol. The SMILES string of the molecule is C[C@]1(c2ccc3c(c2)OCCO3)NC(=O)N(CC(=O)N2CCS[C@@H]2c2ccccc2F)C1=O. The Labute approximate surface area is 194 Å². The first-order valence-corrected chi connectivity index (χ1v) is 11.6. The molecule has 0 aliphatic carbocycles. The number of halogens is 1. The van der Waals surface area contributed by atoms with Gasteiger partial charge in [-0.2, -0.15) is 0 Å². The smallest absolute Gasteiger partial charge is 0.325 e. The average Bonchev–Trinajstić information content (AvgIpc) is 3.39. The Morgan fingerprint density at radius 1 is 1.18 bits per heavy atom. The Morgan fingerprint density at radius 2 is 1.94 bits per heavy atom. The number of benzene rings is 2. The number of hydrogen-bond donors (Lipinski definition) is 1. The lowest BCUT2D eigenvalue weighted by Crippen LogP contribution is -2.44. The first-order chi connectivity index (χ1) is 15.9. The molecular formula is C23H22FN3O5S. The summed E-state index contributed by atoms with van der Waals surface area (Å²) in [4.78, 5) is 41.6. The van der Waals surface area contributed by atoms with Crippen molar-refractivity contribution < 1.29 is 28.2 Å². The number of fused-ring (bicyclic) bond motifs is 1.